The van der Waals surface area contributed by atoms with Gasteiger partial charge in [-0.25, -0.2) is 0 Å². The maximum Gasteiger partial charge on any atom is 0.227 e. The molecule has 25 heavy (non-hydrogen) atoms. The number of amides is 2. The van der Waals surface area contributed by atoms with E-state index < -0.39 is 0 Å². The van der Waals surface area contributed by atoms with E-state index in [1.165, 1.54) is 0 Å². The van der Waals surface area contributed by atoms with E-state index in [1.54, 1.807) is 32.4 Å². The molecule has 1 aromatic carbocycles. The van der Waals surface area contributed by atoms with Crippen LogP contribution in [0.4, 0.5) is 0 Å². The lowest BCUT2D eigenvalue weighted by Crippen LogP contribution is -2.43. The lowest BCUT2D eigenvalue weighted by molar-refractivity contribution is -0.138. The molecule has 0 aliphatic carbocycles. The van der Waals surface area contributed by atoms with Crippen LogP contribution in [0.25, 0.3) is 11.0 Å². The first kappa shape index (κ1) is 17.3. The van der Waals surface area contributed by atoms with Crippen LogP contribution >= 0.6 is 0 Å². The van der Waals surface area contributed by atoms with Crippen molar-refractivity contribution in [3.05, 3.63) is 30.0 Å². The van der Waals surface area contributed by atoms with E-state index in [2.05, 4.69) is 0 Å². The highest BCUT2D eigenvalue weighted by atomic mass is 16.5. The van der Waals surface area contributed by atoms with Crippen LogP contribution in [0.5, 0.6) is 5.75 Å². The molecule has 3 rings (SSSR count). The number of methoxy groups -OCH3 is 1. The number of rotatable bonds is 4. The number of fused-ring (bicyclic) bond motifs is 1. The molecule has 1 fully saturated rings. The molecule has 134 valence electrons. The zero-order valence-electron chi connectivity index (χ0n) is 14.9. The summed E-state index contributed by atoms with van der Waals surface area (Å²) < 4.78 is 10.7. The second kappa shape index (κ2) is 7.17. The van der Waals surface area contributed by atoms with Crippen molar-refractivity contribution in [3.8, 4) is 5.75 Å². The van der Waals surface area contributed by atoms with Gasteiger partial charge in [-0.2, -0.15) is 0 Å². The molecule has 0 saturated carbocycles. The standard InChI is InChI=1S/C19H24N2O4/c1-20(2)19(23)13-6-8-21(9-7-13)18(22)10-14-12-25-17-11-15(24-3)4-5-16(14)17/h4-5,11-13H,6-10H2,1-3H3. The minimum atomic E-state index is 0.0290. The molecule has 0 spiro atoms. The minimum Gasteiger partial charge on any atom is -0.497 e. The molecular weight excluding hydrogens is 320 g/mol. The summed E-state index contributed by atoms with van der Waals surface area (Å²) in [7, 11) is 5.16. The zero-order valence-corrected chi connectivity index (χ0v) is 14.9. The van der Waals surface area contributed by atoms with Crippen LogP contribution in [-0.4, -0.2) is 55.9 Å². The monoisotopic (exact) mass is 344 g/mol. The highest BCUT2D eigenvalue weighted by Crippen LogP contribution is 2.27. The summed E-state index contributed by atoms with van der Waals surface area (Å²) in [5.41, 5.74) is 1.60. The quantitative estimate of drug-likeness (QED) is 0.854. The average Bonchev–Trinajstić information content (AvgIpc) is 3.03. The van der Waals surface area contributed by atoms with Gasteiger partial charge < -0.3 is 19.0 Å². The molecule has 1 aliphatic heterocycles. The topological polar surface area (TPSA) is 63.0 Å². The van der Waals surface area contributed by atoms with Crippen molar-refractivity contribution in [2.24, 2.45) is 5.92 Å². The van der Waals surface area contributed by atoms with Crippen LogP contribution in [0.1, 0.15) is 18.4 Å². The van der Waals surface area contributed by atoms with Crippen molar-refractivity contribution >= 4 is 22.8 Å². The van der Waals surface area contributed by atoms with Gasteiger partial charge in [0, 0.05) is 50.1 Å². The van der Waals surface area contributed by atoms with Crippen molar-refractivity contribution in [1.29, 1.82) is 0 Å². The summed E-state index contributed by atoms with van der Waals surface area (Å²) >= 11 is 0. The van der Waals surface area contributed by atoms with E-state index in [0.717, 1.165) is 35.1 Å². The molecule has 2 amide bonds. The summed E-state index contributed by atoms with van der Waals surface area (Å²) in [6, 6.07) is 5.61. The molecule has 1 saturated heterocycles. The Morgan fingerprint density at radius 1 is 1.28 bits per heavy atom. The Morgan fingerprint density at radius 3 is 2.64 bits per heavy atom. The molecule has 0 unspecified atom stereocenters. The van der Waals surface area contributed by atoms with Crippen LogP contribution in [0.15, 0.2) is 28.9 Å². The number of hydrogen-bond donors (Lipinski definition) is 0. The maximum absolute atomic E-state index is 12.6. The number of likely N-dealkylation sites (tertiary alicyclic amines) is 1. The second-order valence-corrected chi connectivity index (χ2v) is 6.69. The van der Waals surface area contributed by atoms with E-state index in [1.807, 2.05) is 23.1 Å². The first-order chi connectivity index (χ1) is 12.0. The first-order valence-electron chi connectivity index (χ1n) is 8.52. The Hall–Kier alpha value is -2.50. The van der Waals surface area contributed by atoms with E-state index in [4.69, 9.17) is 9.15 Å². The second-order valence-electron chi connectivity index (χ2n) is 6.69. The average molecular weight is 344 g/mol. The number of carbonyl (C=O) groups excluding carboxylic acids is 2. The molecule has 0 N–H and O–H groups in total. The van der Waals surface area contributed by atoms with Gasteiger partial charge in [0.2, 0.25) is 11.8 Å². The van der Waals surface area contributed by atoms with E-state index >= 15 is 0 Å². The molecule has 6 heteroatoms. The van der Waals surface area contributed by atoms with Crippen molar-refractivity contribution in [1.82, 2.24) is 9.80 Å². The van der Waals surface area contributed by atoms with Gasteiger partial charge in [0.1, 0.15) is 11.3 Å². The third kappa shape index (κ3) is 3.62. The number of piperidine rings is 1. The molecule has 0 bridgehead atoms. The van der Waals surface area contributed by atoms with Crippen LogP contribution in [0.2, 0.25) is 0 Å². The molecular formula is C19H24N2O4. The van der Waals surface area contributed by atoms with Gasteiger partial charge >= 0.3 is 0 Å². The molecule has 6 nitrogen and oxygen atoms in total. The smallest absolute Gasteiger partial charge is 0.227 e. The van der Waals surface area contributed by atoms with Crippen LogP contribution in [0.3, 0.4) is 0 Å². The SMILES string of the molecule is COc1ccc2c(CC(=O)N3CCC(C(=O)N(C)C)CC3)coc2c1. The van der Waals surface area contributed by atoms with Gasteiger partial charge in [-0.1, -0.05) is 0 Å². The fourth-order valence-corrected chi connectivity index (χ4v) is 3.34. The number of carbonyl (C=O) groups is 2. The Balaban J connectivity index is 1.63. The third-order valence-corrected chi connectivity index (χ3v) is 4.84. The Bertz CT molecular complexity index is 773. The van der Waals surface area contributed by atoms with Crippen LogP contribution in [-0.2, 0) is 16.0 Å². The van der Waals surface area contributed by atoms with Gasteiger partial charge in [0.05, 0.1) is 19.8 Å². The van der Waals surface area contributed by atoms with Gasteiger partial charge in [0.25, 0.3) is 0 Å². The van der Waals surface area contributed by atoms with E-state index in [0.29, 0.717) is 19.5 Å². The predicted molar refractivity (Wildman–Crippen MR) is 94.5 cm³/mol. The summed E-state index contributed by atoms with van der Waals surface area (Å²) in [5, 5.41) is 0.937. The largest absolute Gasteiger partial charge is 0.497 e. The van der Waals surface area contributed by atoms with Crippen molar-refractivity contribution < 1.29 is 18.7 Å². The molecule has 1 aromatic heterocycles. The first-order valence-corrected chi connectivity index (χ1v) is 8.52. The number of ether oxygens (including phenoxy) is 1. The van der Waals surface area contributed by atoms with Crippen molar-refractivity contribution in [2.45, 2.75) is 19.3 Å². The van der Waals surface area contributed by atoms with Gasteiger partial charge in [-0.3, -0.25) is 9.59 Å². The van der Waals surface area contributed by atoms with Gasteiger partial charge in [-0.05, 0) is 25.0 Å². The highest BCUT2D eigenvalue weighted by molar-refractivity contribution is 5.88. The molecule has 2 aromatic rings. The van der Waals surface area contributed by atoms with Gasteiger partial charge in [-0.15, -0.1) is 0 Å². The number of benzene rings is 1. The number of furan rings is 1. The fraction of sp³-hybridized carbons (Fsp3) is 0.474. The molecule has 0 atom stereocenters. The fourth-order valence-electron chi connectivity index (χ4n) is 3.34. The zero-order chi connectivity index (χ0) is 18.0. The van der Waals surface area contributed by atoms with Crippen molar-refractivity contribution in [2.75, 3.05) is 34.3 Å². The number of hydrogen-bond acceptors (Lipinski definition) is 4. The summed E-state index contributed by atoms with van der Waals surface area (Å²) in [5.74, 6) is 0.991. The Morgan fingerprint density at radius 2 is 2.00 bits per heavy atom. The Labute approximate surface area is 147 Å². The molecule has 1 aliphatic rings. The number of nitrogens with zero attached hydrogens (tertiary/aromatic N) is 2. The van der Waals surface area contributed by atoms with Crippen LogP contribution < -0.4 is 4.74 Å². The Kier molecular flexibility index (Phi) is 4.97. The maximum atomic E-state index is 12.6. The lowest BCUT2D eigenvalue weighted by Gasteiger charge is -2.32. The summed E-state index contributed by atoms with van der Waals surface area (Å²) in [6.45, 7) is 1.26. The van der Waals surface area contributed by atoms with E-state index in [-0.39, 0.29) is 17.7 Å². The summed E-state index contributed by atoms with van der Waals surface area (Å²) in [4.78, 5) is 28.1. The minimum absolute atomic E-state index is 0.0290. The van der Waals surface area contributed by atoms with E-state index in [9.17, 15) is 9.59 Å². The summed E-state index contributed by atoms with van der Waals surface area (Å²) in [6.07, 6.45) is 3.41. The van der Waals surface area contributed by atoms with Crippen molar-refractivity contribution in [3.63, 3.8) is 0 Å². The van der Waals surface area contributed by atoms with Crippen LogP contribution in [0, 0.1) is 5.92 Å². The normalized spacial score (nSPS) is 15.4. The van der Waals surface area contributed by atoms with Gasteiger partial charge in [0.15, 0.2) is 0 Å². The predicted octanol–water partition coefficient (Wildman–Crippen LogP) is 2.31. The lowest BCUT2D eigenvalue weighted by atomic mass is 9.95. The highest BCUT2D eigenvalue weighted by Gasteiger charge is 2.28. The molecule has 2 heterocycles. The third-order valence-electron chi connectivity index (χ3n) is 4.84. The molecule has 0 radical (unpaired) electrons.